The number of amides is 1. The minimum Gasteiger partial charge on any atom is -0.494 e. The van der Waals surface area contributed by atoms with Crippen LogP contribution >= 0.6 is 0 Å². The highest BCUT2D eigenvalue weighted by Crippen LogP contribution is 2.27. The van der Waals surface area contributed by atoms with Gasteiger partial charge >= 0.3 is 0 Å². The molecule has 3 rings (SSSR count). The Morgan fingerprint density at radius 2 is 2.05 bits per heavy atom. The number of benzene rings is 1. The van der Waals surface area contributed by atoms with E-state index in [0.717, 1.165) is 49.1 Å². The zero-order valence-corrected chi connectivity index (χ0v) is 12.7. The van der Waals surface area contributed by atoms with Gasteiger partial charge in [-0.05, 0) is 56.4 Å². The van der Waals surface area contributed by atoms with Crippen LogP contribution in [0.5, 0.6) is 5.75 Å². The van der Waals surface area contributed by atoms with Crippen LogP contribution in [0.15, 0.2) is 28.8 Å². The molecule has 0 fully saturated rings. The Morgan fingerprint density at radius 1 is 1.27 bits per heavy atom. The number of carbonyl (C=O) groups excluding carboxylic acids is 1. The summed E-state index contributed by atoms with van der Waals surface area (Å²) in [5.74, 6) is 1.08. The lowest BCUT2D eigenvalue weighted by Crippen LogP contribution is -2.13. The first-order valence-corrected chi connectivity index (χ1v) is 7.79. The Bertz CT molecular complexity index is 646. The molecule has 1 aliphatic carbocycles. The third kappa shape index (κ3) is 3.13. The van der Waals surface area contributed by atoms with Gasteiger partial charge in [-0.25, -0.2) is 0 Å². The van der Waals surface area contributed by atoms with Crippen molar-refractivity contribution in [1.29, 1.82) is 0 Å². The van der Waals surface area contributed by atoms with Crippen molar-refractivity contribution >= 4 is 11.8 Å². The average Bonchev–Trinajstić information content (AvgIpc) is 2.96. The maximum Gasteiger partial charge on any atom is 0.258 e. The molecule has 5 heteroatoms. The van der Waals surface area contributed by atoms with Crippen LogP contribution in [-0.2, 0) is 12.8 Å². The maximum absolute atomic E-state index is 12.3. The predicted octanol–water partition coefficient (Wildman–Crippen LogP) is 3.59. The summed E-state index contributed by atoms with van der Waals surface area (Å²) in [6, 6.07) is 7.12. The summed E-state index contributed by atoms with van der Waals surface area (Å²) in [6.45, 7) is 2.73. The summed E-state index contributed by atoms with van der Waals surface area (Å²) in [5, 5.41) is 6.86. The Morgan fingerprint density at radius 3 is 2.82 bits per heavy atom. The minimum absolute atomic E-state index is 0.188. The van der Waals surface area contributed by atoms with Gasteiger partial charge in [0.15, 0.2) is 0 Å². The molecule has 0 spiro atoms. The number of hydrogen-bond donors (Lipinski definition) is 1. The van der Waals surface area contributed by atoms with Crippen LogP contribution in [0, 0.1) is 0 Å². The molecule has 1 N–H and O–H groups in total. The van der Waals surface area contributed by atoms with Gasteiger partial charge in [0.25, 0.3) is 5.91 Å². The molecule has 0 unspecified atom stereocenters. The molecule has 0 saturated heterocycles. The Labute approximate surface area is 129 Å². The fourth-order valence-electron chi connectivity index (χ4n) is 2.59. The van der Waals surface area contributed by atoms with E-state index in [4.69, 9.17) is 9.26 Å². The summed E-state index contributed by atoms with van der Waals surface area (Å²) < 4.78 is 10.8. The van der Waals surface area contributed by atoms with Gasteiger partial charge in [0.1, 0.15) is 5.75 Å². The number of anilines is 1. The van der Waals surface area contributed by atoms with Crippen LogP contribution in [0.1, 0.15) is 47.8 Å². The molecule has 0 radical (unpaired) electrons. The van der Waals surface area contributed by atoms with E-state index in [-0.39, 0.29) is 5.91 Å². The molecule has 5 nitrogen and oxygen atoms in total. The maximum atomic E-state index is 12.3. The minimum atomic E-state index is -0.188. The summed E-state index contributed by atoms with van der Waals surface area (Å²) in [4.78, 5) is 12.3. The first-order valence-electron chi connectivity index (χ1n) is 7.79. The fourth-order valence-corrected chi connectivity index (χ4v) is 2.59. The third-order valence-electron chi connectivity index (χ3n) is 3.78. The Hall–Kier alpha value is -2.30. The van der Waals surface area contributed by atoms with Crippen molar-refractivity contribution in [2.75, 3.05) is 11.9 Å². The van der Waals surface area contributed by atoms with Crippen molar-refractivity contribution in [2.24, 2.45) is 0 Å². The van der Waals surface area contributed by atoms with Crippen LogP contribution < -0.4 is 10.1 Å². The van der Waals surface area contributed by atoms with Crippen LogP contribution in [0.3, 0.4) is 0 Å². The number of ether oxygens (including phenoxy) is 1. The van der Waals surface area contributed by atoms with Gasteiger partial charge in [-0.3, -0.25) is 10.1 Å². The Kier molecular flexibility index (Phi) is 4.42. The van der Waals surface area contributed by atoms with Crippen LogP contribution in [0.25, 0.3) is 0 Å². The van der Waals surface area contributed by atoms with Gasteiger partial charge in [-0.2, -0.15) is 0 Å². The van der Waals surface area contributed by atoms with Gasteiger partial charge in [0, 0.05) is 11.1 Å². The zero-order valence-electron chi connectivity index (χ0n) is 12.7. The van der Waals surface area contributed by atoms with Crippen molar-refractivity contribution in [3.63, 3.8) is 0 Å². The number of nitrogens with one attached hydrogen (secondary N) is 1. The molecule has 1 aromatic heterocycles. The highest BCUT2D eigenvalue weighted by molar-refractivity contribution is 6.03. The second-order valence-corrected chi connectivity index (χ2v) is 5.47. The van der Waals surface area contributed by atoms with E-state index in [9.17, 15) is 4.79 Å². The Balaban J connectivity index is 1.68. The second-order valence-electron chi connectivity index (χ2n) is 5.47. The topological polar surface area (TPSA) is 64.4 Å². The van der Waals surface area contributed by atoms with E-state index in [1.54, 1.807) is 24.3 Å². The normalized spacial score (nSPS) is 13.5. The first-order chi connectivity index (χ1) is 10.8. The summed E-state index contributed by atoms with van der Waals surface area (Å²) in [7, 11) is 0. The van der Waals surface area contributed by atoms with Crippen molar-refractivity contribution < 1.29 is 14.1 Å². The van der Waals surface area contributed by atoms with E-state index >= 15 is 0 Å². The largest absolute Gasteiger partial charge is 0.494 e. The second kappa shape index (κ2) is 6.64. The predicted molar refractivity (Wildman–Crippen MR) is 83.3 cm³/mol. The molecule has 0 saturated carbocycles. The van der Waals surface area contributed by atoms with Crippen molar-refractivity contribution in [1.82, 2.24) is 5.16 Å². The van der Waals surface area contributed by atoms with Crippen LogP contribution in [0.4, 0.5) is 5.88 Å². The van der Waals surface area contributed by atoms with E-state index in [1.165, 1.54) is 0 Å². The third-order valence-corrected chi connectivity index (χ3v) is 3.78. The zero-order chi connectivity index (χ0) is 15.4. The molecule has 1 aromatic carbocycles. The lowest BCUT2D eigenvalue weighted by Gasteiger charge is -2.10. The number of aryl methyl sites for hydroxylation is 1. The van der Waals surface area contributed by atoms with Crippen molar-refractivity contribution in [2.45, 2.75) is 39.0 Å². The number of rotatable bonds is 5. The van der Waals surface area contributed by atoms with Gasteiger partial charge in [0.05, 0.1) is 12.3 Å². The number of aromatic nitrogens is 1. The molecular weight excluding hydrogens is 280 g/mol. The highest BCUT2D eigenvalue weighted by Gasteiger charge is 2.21. The van der Waals surface area contributed by atoms with Gasteiger partial charge in [-0.1, -0.05) is 12.1 Å². The lowest BCUT2D eigenvalue weighted by atomic mass is 9.97. The number of fused-ring (bicyclic) bond motifs is 1. The van der Waals surface area contributed by atoms with E-state index < -0.39 is 0 Å². The van der Waals surface area contributed by atoms with E-state index in [0.29, 0.717) is 18.1 Å². The van der Waals surface area contributed by atoms with Crippen LogP contribution in [0.2, 0.25) is 0 Å². The van der Waals surface area contributed by atoms with Gasteiger partial charge in [-0.15, -0.1) is 0 Å². The number of carbonyl (C=O) groups is 1. The first kappa shape index (κ1) is 14.6. The van der Waals surface area contributed by atoms with Crippen molar-refractivity contribution in [3.8, 4) is 5.75 Å². The smallest absolute Gasteiger partial charge is 0.258 e. The quantitative estimate of drug-likeness (QED) is 0.916. The van der Waals surface area contributed by atoms with E-state index in [2.05, 4.69) is 17.4 Å². The SMILES string of the molecule is CCCOc1ccc(C(=O)Nc2onc3c2CCCC3)cc1. The fraction of sp³-hybridized carbons (Fsp3) is 0.412. The summed E-state index contributed by atoms with van der Waals surface area (Å²) >= 11 is 0. The van der Waals surface area contributed by atoms with Gasteiger partial charge < -0.3 is 9.26 Å². The lowest BCUT2D eigenvalue weighted by molar-refractivity contribution is 0.102. The highest BCUT2D eigenvalue weighted by atomic mass is 16.5. The number of hydrogen-bond acceptors (Lipinski definition) is 4. The van der Waals surface area contributed by atoms with Crippen molar-refractivity contribution in [3.05, 3.63) is 41.1 Å². The molecule has 0 atom stereocenters. The monoisotopic (exact) mass is 300 g/mol. The average molecular weight is 300 g/mol. The molecule has 1 amide bonds. The molecule has 22 heavy (non-hydrogen) atoms. The molecule has 0 aliphatic heterocycles. The molecule has 1 aliphatic rings. The van der Waals surface area contributed by atoms with Gasteiger partial charge in [0.2, 0.25) is 5.88 Å². The summed E-state index contributed by atoms with van der Waals surface area (Å²) in [6.07, 6.45) is 5.04. The molecule has 116 valence electrons. The molecule has 2 aromatic rings. The molecule has 1 heterocycles. The van der Waals surface area contributed by atoms with Crippen LogP contribution in [-0.4, -0.2) is 17.7 Å². The number of nitrogens with zero attached hydrogens (tertiary/aromatic N) is 1. The standard InChI is InChI=1S/C17H20N2O3/c1-2-11-21-13-9-7-12(8-10-13)16(20)18-17-14-5-3-4-6-15(14)19-22-17/h7-10H,2-6,11H2,1H3,(H,18,20). The molecular formula is C17H20N2O3. The van der Waals surface area contributed by atoms with E-state index in [1.807, 2.05) is 0 Å². The summed E-state index contributed by atoms with van der Waals surface area (Å²) in [5.41, 5.74) is 2.59. The molecule has 0 bridgehead atoms.